The zero-order chi connectivity index (χ0) is 10.4. The summed E-state index contributed by atoms with van der Waals surface area (Å²) >= 11 is 0. The summed E-state index contributed by atoms with van der Waals surface area (Å²) in [7, 11) is 0. The van der Waals surface area contributed by atoms with Gasteiger partial charge in [-0.1, -0.05) is 26.7 Å². The highest BCUT2D eigenvalue weighted by atomic mass is 14.9. The van der Waals surface area contributed by atoms with Crippen LogP contribution in [0.5, 0.6) is 0 Å². The molecule has 1 aromatic rings. The molecule has 0 bridgehead atoms. The SMILES string of the molecule is CCCC(C)CCc1ncc(C)cn1. The van der Waals surface area contributed by atoms with E-state index in [4.69, 9.17) is 0 Å². The number of aromatic nitrogens is 2. The molecule has 0 spiro atoms. The minimum Gasteiger partial charge on any atom is -0.241 e. The predicted molar refractivity (Wildman–Crippen MR) is 59.2 cm³/mol. The first-order valence-corrected chi connectivity index (χ1v) is 5.50. The number of hydrogen-bond acceptors (Lipinski definition) is 2. The summed E-state index contributed by atoms with van der Waals surface area (Å²) in [5.74, 6) is 1.78. The van der Waals surface area contributed by atoms with Gasteiger partial charge in [-0.2, -0.15) is 0 Å². The Morgan fingerprint density at radius 3 is 2.43 bits per heavy atom. The van der Waals surface area contributed by atoms with Gasteiger partial charge < -0.3 is 0 Å². The van der Waals surface area contributed by atoms with Crippen molar-refractivity contribution >= 4 is 0 Å². The minimum absolute atomic E-state index is 0.796. The first-order valence-electron chi connectivity index (χ1n) is 5.50. The zero-order valence-corrected chi connectivity index (χ0v) is 9.45. The van der Waals surface area contributed by atoms with Gasteiger partial charge in [0, 0.05) is 18.8 Å². The van der Waals surface area contributed by atoms with Crippen LogP contribution in [-0.2, 0) is 6.42 Å². The molecular formula is C12H20N2. The maximum absolute atomic E-state index is 4.30. The molecule has 0 aliphatic heterocycles. The Kier molecular flexibility index (Phi) is 4.57. The molecule has 0 aliphatic carbocycles. The molecule has 1 aromatic heterocycles. The zero-order valence-electron chi connectivity index (χ0n) is 9.45. The van der Waals surface area contributed by atoms with Gasteiger partial charge in [0.05, 0.1) is 0 Å². The van der Waals surface area contributed by atoms with Crippen molar-refractivity contribution in [2.75, 3.05) is 0 Å². The van der Waals surface area contributed by atoms with Crippen LogP contribution in [0, 0.1) is 12.8 Å². The largest absolute Gasteiger partial charge is 0.241 e. The highest BCUT2D eigenvalue weighted by Gasteiger charge is 2.02. The number of rotatable bonds is 5. The van der Waals surface area contributed by atoms with Crippen LogP contribution in [0.25, 0.3) is 0 Å². The average molecular weight is 192 g/mol. The van der Waals surface area contributed by atoms with Crippen molar-refractivity contribution in [3.8, 4) is 0 Å². The lowest BCUT2D eigenvalue weighted by Gasteiger charge is -2.08. The van der Waals surface area contributed by atoms with Crippen molar-refractivity contribution in [2.45, 2.75) is 46.5 Å². The summed E-state index contributed by atoms with van der Waals surface area (Å²) < 4.78 is 0. The highest BCUT2D eigenvalue weighted by molar-refractivity contribution is 5.01. The molecule has 2 heteroatoms. The smallest absolute Gasteiger partial charge is 0.128 e. The number of aryl methyl sites for hydroxylation is 2. The molecule has 1 rings (SSSR count). The van der Waals surface area contributed by atoms with Crippen molar-refractivity contribution in [1.82, 2.24) is 9.97 Å². The summed E-state index contributed by atoms with van der Waals surface area (Å²) in [5.41, 5.74) is 1.13. The number of nitrogens with zero attached hydrogens (tertiary/aromatic N) is 2. The van der Waals surface area contributed by atoms with Crippen LogP contribution in [0.2, 0.25) is 0 Å². The quantitative estimate of drug-likeness (QED) is 0.716. The summed E-state index contributed by atoms with van der Waals surface area (Å²) in [5, 5.41) is 0. The van der Waals surface area contributed by atoms with E-state index in [2.05, 4.69) is 23.8 Å². The Morgan fingerprint density at radius 2 is 1.86 bits per heavy atom. The molecule has 0 fully saturated rings. The second kappa shape index (κ2) is 5.74. The fourth-order valence-electron chi connectivity index (χ4n) is 1.56. The van der Waals surface area contributed by atoms with Crippen LogP contribution < -0.4 is 0 Å². The van der Waals surface area contributed by atoms with E-state index in [1.807, 2.05) is 19.3 Å². The topological polar surface area (TPSA) is 25.8 Å². The van der Waals surface area contributed by atoms with Crippen LogP contribution in [0.1, 0.15) is 44.5 Å². The first kappa shape index (κ1) is 11.2. The van der Waals surface area contributed by atoms with Crippen LogP contribution in [0.15, 0.2) is 12.4 Å². The van der Waals surface area contributed by atoms with E-state index in [1.165, 1.54) is 19.3 Å². The van der Waals surface area contributed by atoms with E-state index in [1.54, 1.807) is 0 Å². The van der Waals surface area contributed by atoms with Gasteiger partial charge in [0.1, 0.15) is 5.82 Å². The third-order valence-corrected chi connectivity index (χ3v) is 2.48. The molecule has 0 amide bonds. The second-order valence-corrected chi connectivity index (χ2v) is 4.11. The fraction of sp³-hybridized carbons (Fsp3) is 0.667. The van der Waals surface area contributed by atoms with Crippen LogP contribution in [-0.4, -0.2) is 9.97 Å². The summed E-state index contributed by atoms with van der Waals surface area (Å²) in [6, 6.07) is 0. The molecule has 2 nitrogen and oxygen atoms in total. The lowest BCUT2D eigenvalue weighted by molar-refractivity contribution is 0.480. The lowest BCUT2D eigenvalue weighted by Crippen LogP contribution is -2.00. The minimum atomic E-state index is 0.796. The van der Waals surface area contributed by atoms with Crippen LogP contribution in [0.4, 0.5) is 0 Å². The number of hydrogen-bond donors (Lipinski definition) is 0. The Labute approximate surface area is 86.8 Å². The molecule has 78 valence electrons. The Bertz CT molecular complexity index is 254. The Hall–Kier alpha value is -0.920. The van der Waals surface area contributed by atoms with Crippen molar-refractivity contribution in [2.24, 2.45) is 5.92 Å². The molecule has 14 heavy (non-hydrogen) atoms. The van der Waals surface area contributed by atoms with E-state index in [0.29, 0.717) is 0 Å². The van der Waals surface area contributed by atoms with E-state index in [0.717, 1.165) is 23.7 Å². The van der Waals surface area contributed by atoms with Gasteiger partial charge in [0.25, 0.3) is 0 Å². The predicted octanol–water partition coefficient (Wildman–Crippen LogP) is 3.15. The van der Waals surface area contributed by atoms with E-state index in [-0.39, 0.29) is 0 Å². The van der Waals surface area contributed by atoms with Crippen LogP contribution in [0.3, 0.4) is 0 Å². The molecule has 1 heterocycles. The van der Waals surface area contributed by atoms with Gasteiger partial charge in [0.2, 0.25) is 0 Å². The van der Waals surface area contributed by atoms with E-state index >= 15 is 0 Å². The van der Waals surface area contributed by atoms with Gasteiger partial charge >= 0.3 is 0 Å². The molecule has 0 saturated carbocycles. The average Bonchev–Trinajstić information content (AvgIpc) is 2.17. The summed E-state index contributed by atoms with van der Waals surface area (Å²) in [6.45, 7) is 6.56. The Morgan fingerprint density at radius 1 is 1.21 bits per heavy atom. The van der Waals surface area contributed by atoms with Gasteiger partial charge in [-0.15, -0.1) is 0 Å². The summed E-state index contributed by atoms with van der Waals surface area (Å²) in [4.78, 5) is 8.60. The monoisotopic (exact) mass is 192 g/mol. The van der Waals surface area contributed by atoms with Gasteiger partial charge in [-0.3, -0.25) is 0 Å². The third kappa shape index (κ3) is 3.86. The molecule has 0 aliphatic rings. The van der Waals surface area contributed by atoms with Crippen molar-refractivity contribution in [1.29, 1.82) is 0 Å². The molecular weight excluding hydrogens is 172 g/mol. The summed E-state index contributed by atoms with van der Waals surface area (Å²) in [6.07, 6.45) is 8.60. The second-order valence-electron chi connectivity index (χ2n) is 4.11. The lowest BCUT2D eigenvalue weighted by atomic mass is 10.0. The van der Waals surface area contributed by atoms with Gasteiger partial charge in [-0.25, -0.2) is 9.97 Å². The highest BCUT2D eigenvalue weighted by Crippen LogP contribution is 2.12. The van der Waals surface area contributed by atoms with Gasteiger partial charge in [-0.05, 0) is 24.8 Å². The standard InChI is InChI=1S/C12H20N2/c1-4-5-10(2)6-7-12-13-8-11(3)9-14-12/h8-10H,4-7H2,1-3H3. The van der Waals surface area contributed by atoms with Crippen molar-refractivity contribution in [3.05, 3.63) is 23.8 Å². The molecule has 0 aromatic carbocycles. The Balaban J connectivity index is 2.34. The van der Waals surface area contributed by atoms with Gasteiger partial charge in [0.15, 0.2) is 0 Å². The van der Waals surface area contributed by atoms with Crippen molar-refractivity contribution in [3.63, 3.8) is 0 Å². The van der Waals surface area contributed by atoms with E-state index in [9.17, 15) is 0 Å². The maximum Gasteiger partial charge on any atom is 0.128 e. The van der Waals surface area contributed by atoms with E-state index < -0.39 is 0 Å². The molecule has 0 radical (unpaired) electrons. The molecule has 0 saturated heterocycles. The normalized spacial score (nSPS) is 12.8. The molecule has 0 N–H and O–H groups in total. The maximum atomic E-state index is 4.30. The fourth-order valence-corrected chi connectivity index (χ4v) is 1.56. The molecule has 1 atom stereocenters. The van der Waals surface area contributed by atoms with Crippen molar-refractivity contribution < 1.29 is 0 Å². The molecule has 1 unspecified atom stereocenters. The van der Waals surface area contributed by atoms with Crippen LogP contribution >= 0.6 is 0 Å². The first-order chi connectivity index (χ1) is 6.72. The third-order valence-electron chi connectivity index (χ3n) is 2.48.